The number of imide groups is 1. The quantitative estimate of drug-likeness (QED) is 0.731. The molecule has 1 aliphatic heterocycles. The Kier molecular flexibility index (Phi) is 4.16. The lowest BCUT2D eigenvalue weighted by Crippen LogP contribution is -2.30. The molecule has 1 saturated heterocycles. The van der Waals surface area contributed by atoms with E-state index < -0.39 is 12.1 Å². The summed E-state index contributed by atoms with van der Waals surface area (Å²) in [5.41, 5.74) is 0.680. The van der Waals surface area contributed by atoms with Crippen LogP contribution in [0.25, 0.3) is 0 Å². The molecule has 1 aromatic carbocycles. The van der Waals surface area contributed by atoms with E-state index in [1.807, 2.05) is 12.1 Å². The van der Waals surface area contributed by atoms with Gasteiger partial charge >= 0.3 is 6.03 Å². The van der Waals surface area contributed by atoms with Crippen molar-refractivity contribution >= 4 is 39.5 Å². The minimum atomic E-state index is -0.624. The Morgan fingerprint density at radius 2 is 2.16 bits per heavy atom. The monoisotopic (exact) mass is 325 g/mol. The Labute approximate surface area is 118 Å². The van der Waals surface area contributed by atoms with Gasteiger partial charge in [0.1, 0.15) is 6.04 Å². The molecule has 19 heavy (non-hydrogen) atoms. The molecule has 1 heterocycles. The van der Waals surface area contributed by atoms with Crippen LogP contribution in [0.15, 0.2) is 28.7 Å². The summed E-state index contributed by atoms with van der Waals surface area (Å²) < 4.78 is 0.868. The predicted octanol–water partition coefficient (Wildman–Crippen LogP) is 1.38. The maximum absolute atomic E-state index is 11.7. The van der Waals surface area contributed by atoms with Gasteiger partial charge in [-0.05, 0) is 24.6 Å². The van der Waals surface area contributed by atoms with Crippen LogP contribution in [0, 0.1) is 0 Å². The second kappa shape index (κ2) is 5.83. The average molecular weight is 326 g/mol. The second-order valence-electron chi connectivity index (χ2n) is 4.11. The maximum Gasteiger partial charge on any atom is 0.322 e. The zero-order valence-electron chi connectivity index (χ0n) is 9.90. The molecule has 0 radical (unpaired) electrons. The van der Waals surface area contributed by atoms with Crippen molar-refractivity contribution in [1.29, 1.82) is 0 Å². The third-order valence-electron chi connectivity index (χ3n) is 2.63. The highest BCUT2D eigenvalue weighted by Crippen LogP contribution is 2.16. The number of nitrogens with one attached hydrogen (secondary N) is 3. The summed E-state index contributed by atoms with van der Waals surface area (Å²) in [5.74, 6) is -0.590. The fourth-order valence-corrected chi connectivity index (χ4v) is 2.13. The number of halogens is 1. The molecular weight excluding hydrogens is 314 g/mol. The van der Waals surface area contributed by atoms with Crippen molar-refractivity contribution < 1.29 is 14.4 Å². The molecule has 0 saturated carbocycles. The van der Waals surface area contributed by atoms with E-state index in [9.17, 15) is 14.4 Å². The molecule has 0 bridgehead atoms. The molecule has 0 aliphatic carbocycles. The summed E-state index contributed by atoms with van der Waals surface area (Å²) in [5, 5.41) is 7.29. The van der Waals surface area contributed by atoms with Gasteiger partial charge in [0.2, 0.25) is 5.91 Å². The summed E-state index contributed by atoms with van der Waals surface area (Å²) in [4.78, 5) is 33.9. The highest BCUT2D eigenvalue weighted by atomic mass is 79.9. The first-order chi connectivity index (χ1) is 9.04. The molecule has 6 nitrogen and oxygen atoms in total. The van der Waals surface area contributed by atoms with E-state index >= 15 is 0 Å². The topological polar surface area (TPSA) is 87.3 Å². The number of urea groups is 1. The lowest BCUT2D eigenvalue weighted by Gasteiger charge is -2.08. The molecule has 1 aromatic rings. The minimum Gasteiger partial charge on any atom is -0.326 e. The zero-order chi connectivity index (χ0) is 13.8. The van der Waals surface area contributed by atoms with Crippen LogP contribution in [0.2, 0.25) is 0 Å². The van der Waals surface area contributed by atoms with Gasteiger partial charge in [-0.15, -0.1) is 0 Å². The van der Waals surface area contributed by atoms with E-state index in [1.165, 1.54) is 0 Å². The number of rotatable bonds is 4. The van der Waals surface area contributed by atoms with Crippen LogP contribution >= 0.6 is 15.9 Å². The third-order valence-corrected chi connectivity index (χ3v) is 3.12. The molecular formula is C12H12BrN3O3. The third kappa shape index (κ3) is 3.78. The van der Waals surface area contributed by atoms with Crippen LogP contribution in [0.3, 0.4) is 0 Å². The largest absolute Gasteiger partial charge is 0.326 e. The van der Waals surface area contributed by atoms with E-state index in [4.69, 9.17) is 0 Å². The molecule has 4 amide bonds. The first-order valence-electron chi connectivity index (χ1n) is 5.71. The Morgan fingerprint density at radius 3 is 2.79 bits per heavy atom. The van der Waals surface area contributed by atoms with Gasteiger partial charge in [-0.25, -0.2) is 4.79 Å². The highest BCUT2D eigenvalue weighted by Gasteiger charge is 2.29. The van der Waals surface area contributed by atoms with Crippen LogP contribution in [0.1, 0.15) is 12.8 Å². The van der Waals surface area contributed by atoms with E-state index in [0.717, 1.165) is 4.47 Å². The average Bonchev–Trinajstić information content (AvgIpc) is 2.65. The predicted molar refractivity (Wildman–Crippen MR) is 72.5 cm³/mol. The number of benzene rings is 1. The van der Waals surface area contributed by atoms with Crippen LogP contribution in [0.4, 0.5) is 10.5 Å². The van der Waals surface area contributed by atoms with Gasteiger partial charge in [-0.1, -0.05) is 22.0 Å². The minimum absolute atomic E-state index is 0.158. The number of carbonyl (C=O) groups excluding carboxylic acids is 3. The molecule has 2 rings (SSSR count). The van der Waals surface area contributed by atoms with Gasteiger partial charge in [0, 0.05) is 16.6 Å². The highest BCUT2D eigenvalue weighted by molar-refractivity contribution is 9.10. The molecule has 0 aromatic heterocycles. The molecule has 100 valence electrons. The van der Waals surface area contributed by atoms with Gasteiger partial charge in [-0.3, -0.25) is 14.9 Å². The smallest absolute Gasteiger partial charge is 0.322 e. The summed E-state index contributed by atoms with van der Waals surface area (Å²) in [6.45, 7) is 0. The fraction of sp³-hybridized carbons (Fsp3) is 0.250. The lowest BCUT2D eigenvalue weighted by atomic mass is 10.1. The van der Waals surface area contributed by atoms with Crippen molar-refractivity contribution in [2.24, 2.45) is 0 Å². The molecule has 1 aliphatic rings. The Morgan fingerprint density at radius 1 is 1.37 bits per heavy atom. The van der Waals surface area contributed by atoms with Gasteiger partial charge < -0.3 is 10.6 Å². The number of hydrogen-bond acceptors (Lipinski definition) is 3. The first kappa shape index (κ1) is 13.5. The van der Waals surface area contributed by atoms with Crippen molar-refractivity contribution in [2.45, 2.75) is 18.9 Å². The van der Waals surface area contributed by atoms with Gasteiger partial charge in [0.05, 0.1) is 0 Å². The zero-order valence-corrected chi connectivity index (χ0v) is 11.5. The van der Waals surface area contributed by atoms with Crippen LogP contribution in [-0.4, -0.2) is 23.9 Å². The van der Waals surface area contributed by atoms with Crippen molar-refractivity contribution in [3.63, 3.8) is 0 Å². The normalized spacial score (nSPS) is 17.8. The molecule has 0 spiro atoms. The maximum atomic E-state index is 11.7. The van der Waals surface area contributed by atoms with Gasteiger partial charge in [-0.2, -0.15) is 0 Å². The summed E-state index contributed by atoms with van der Waals surface area (Å²) in [6.07, 6.45) is 0.433. The Balaban J connectivity index is 1.82. The van der Waals surface area contributed by atoms with Crippen LogP contribution in [-0.2, 0) is 9.59 Å². The standard InChI is InChI=1S/C12H12BrN3O3/c13-7-2-1-3-8(6-7)14-10(17)5-4-9-11(18)16-12(19)15-9/h1-3,6,9H,4-5H2,(H,14,17)(H2,15,16,18,19). The van der Waals surface area contributed by atoms with Gasteiger partial charge in [0.25, 0.3) is 5.91 Å². The lowest BCUT2D eigenvalue weighted by molar-refractivity contribution is -0.120. The van der Waals surface area contributed by atoms with Crippen molar-refractivity contribution in [3.8, 4) is 0 Å². The van der Waals surface area contributed by atoms with Crippen molar-refractivity contribution in [2.75, 3.05) is 5.32 Å². The molecule has 1 fully saturated rings. The number of hydrogen-bond donors (Lipinski definition) is 3. The van der Waals surface area contributed by atoms with Gasteiger partial charge in [0.15, 0.2) is 0 Å². The molecule has 1 unspecified atom stereocenters. The fourth-order valence-electron chi connectivity index (χ4n) is 1.73. The van der Waals surface area contributed by atoms with Crippen LogP contribution < -0.4 is 16.0 Å². The second-order valence-corrected chi connectivity index (χ2v) is 5.03. The van der Waals surface area contributed by atoms with E-state index in [2.05, 4.69) is 31.9 Å². The van der Waals surface area contributed by atoms with E-state index in [0.29, 0.717) is 5.69 Å². The van der Waals surface area contributed by atoms with E-state index in [-0.39, 0.29) is 24.7 Å². The Bertz CT molecular complexity index is 533. The number of anilines is 1. The summed E-state index contributed by atoms with van der Waals surface area (Å²) in [7, 11) is 0. The molecule has 3 N–H and O–H groups in total. The summed E-state index contributed by atoms with van der Waals surface area (Å²) >= 11 is 3.31. The van der Waals surface area contributed by atoms with Crippen molar-refractivity contribution in [1.82, 2.24) is 10.6 Å². The number of amides is 4. The SMILES string of the molecule is O=C(CCC1NC(=O)NC1=O)Nc1cccc(Br)c1. The van der Waals surface area contributed by atoms with E-state index in [1.54, 1.807) is 12.1 Å². The number of carbonyl (C=O) groups is 3. The Hall–Kier alpha value is -1.89. The molecule has 1 atom stereocenters. The first-order valence-corrected chi connectivity index (χ1v) is 6.50. The molecule has 7 heteroatoms. The van der Waals surface area contributed by atoms with Crippen molar-refractivity contribution in [3.05, 3.63) is 28.7 Å². The van der Waals surface area contributed by atoms with Crippen LogP contribution in [0.5, 0.6) is 0 Å². The summed E-state index contributed by atoms with van der Waals surface area (Å²) in [6, 6.07) is 6.08.